The molecule has 2 aromatic rings. The van der Waals surface area contributed by atoms with Crippen LogP contribution >= 0.6 is 27.3 Å². The van der Waals surface area contributed by atoms with E-state index >= 15 is 0 Å². The maximum atomic E-state index is 13.9. The number of hydrogen-bond donors (Lipinski definition) is 1. The Balaban J connectivity index is 2.26. The first-order valence-electron chi connectivity index (χ1n) is 6.33. The minimum atomic E-state index is -0.139. The Labute approximate surface area is 126 Å². The van der Waals surface area contributed by atoms with Crippen LogP contribution in [-0.2, 0) is 6.42 Å². The Morgan fingerprint density at radius 1 is 1.37 bits per heavy atom. The highest BCUT2D eigenvalue weighted by atomic mass is 79.9. The third-order valence-corrected chi connectivity index (χ3v) is 4.73. The summed E-state index contributed by atoms with van der Waals surface area (Å²) in [4.78, 5) is 1.29. The van der Waals surface area contributed by atoms with Crippen LogP contribution in [0.15, 0.2) is 34.1 Å². The van der Waals surface area contributed by atoms with Gasteiger partial charge in [0, 0.05) is 15.4 Å². The summed E-state index contributed by atoms with van der Waals surface area (Å²) < 4.78 is 14.8. The zero-order chi connectivity index (χ0) is 13.8. The van der Waals surface area contributed by atoms with Crippen molar-refractivity contribution in [2.45, 2.75) is 26.3 Å². The third kappa shape index (κ3) is 3.65. The predicted octanol–water partition coefficient (Wildman–Crippen LogP) is 4.85. The van der Waals surface area contributed by atoms with Crippen LogP contribution in [0.3, 0.4) is 0 Å². The molecule has 1 aromatic carbocycles. The van der Waals surface area contributed by atoms with Gasteiger partial charge in [0.2, 0.25) is 0 Å². The predicted molar refractivity (Wildman–Crippen MR) is 83.3 cm³/mol. The van der Waals surface area contributed by atoms with Gasteiger partial charge in [-0.25, -0.2) is 4.39 Å². The summed E-state index contributed by atoms with van der Waals surface area (Å²) in [6.45, 7) is 5.05. The molecular formula is C15H17BrFNS. The van der Waals surface area contributed by atoms with Crippen molar-refractivity contribution >= 4 is 27.3 Å². The van der Waals surface area contributed by atoms with Gasteiger partial charge in [0.25, 0.3) is 0 Å². The van der Waals surface area contributed by atoms with Gasteiger partial charge >= 0.3 is 0 Å². The van der Waals surface area contributed by atoms with E-state index in [4.69, 9.17) is 0 Å². The molecule has 1 aromatic heterocycles. The molecule has 1 N–H and O–H groups in total. The fraction of sp³-hybridized carbons (Fsp3) is 0.333. The van der Waals surface area contributed by atoms with E-state index in [9.17, 15) is 4.39 Å². The first kappa shape index (κ1) is 14.7. The summed E-state index contributed by atoms with van der Waals surface area (Å²) >= 11 is 5.13. The van der Waals surface area contributed by atoms with Crippen molar-refractivity contribution in [1.82, 2.24) is 5.32 Å². The molecule has 0 radical (unpaired) electrons. The van der Waals surface area contributed by atoms with Gasteiger partial charge < -0.3 is 5.32 Å². The molecular weight excluding hydrogens is 325 g/mol. The number of halogens is 2. The minimum absolute atomic E-state index is 0.139. The molecule has 19 heavy (non-hydrogen) atoms. The van der Waals surface area contributed by atoms with Crippen molar-refractivity contribution < 1.29 is 4.39 Å². The van der Waals surface area contributed by atoms with Crippen LogP contribution in [0.25, 0.3) is 0 Å². The quantitative estimate of drug-likeness (QED) is 0.819. The molecule has 1 nitrogen and oxygen atoms in total. The molecule has 0 aliphatic carbocycles. The molecule has 0 bridgehead atoms. The maximum Gasteiger partial charge on any atom is 0.126 e. The fourth-order valence-corrected chi connectivity index (χ4v) is 3.58. The standard InChI is InChI=1S/C15H17BrFNS/c1-3-18-14(15-10(2)6-7-19-15)9-11-8-12(16)4-5-13(11)17/h4-8,14,18H,3,9H2,1-2H3. The molecule has 102 valence electrons. The first-order valence-corrected chi connectivity index (χ1v) is 8.00. The number of rotatable bonds is 5. The van der Waals surface area contributed by atoms with Crippen molar-refractivity contribution in [2.24, 2.45) is 0 Å². The van der Waals surface area contributed by atoms with Crippen molar-refractivity contribution in [3.8, 4) is 0 Å². The van der Waals surface area contributed by atoms with E-state index in [0.29, 0.717) is 6.42 Å². The lowest BCUT2D eigenvalue weighted by Gasteiger charge is -2.18. The van der Waals surface area contributed by atoms with E-state index in [0.717, 1.165) is 16.6 Å². The molecule has 0 saturated heterocycles. The highest BCUT2D eigenvalue weighted by Crippen LogP contribution is 2.28. The van der Waals surface area contributed by atoms with Crippen LogP contribution in [0, 0.1) is 12.7 Å². The Bertz CT molecular complexity index is 553. The summed E-state index contributed by atoms with van der Waals surface area (Å²) in [5.41, 5.74) is 2.01. The minimum Gasteiger partial charge on any atom is -0.309 e. The third-order valence-electron chi connectivity index (χ3n) is 3.10. The Morgan fingerprint density at radius 2 is 2.16 bits per heavy atom. The van der Waals surface area contributed by atoms with Gasteiger partial charge in [-0.05, 0) is 60.7 Å². The summed E-state index contributed by atoms with van der Waals surface area (Å²) in [7, 11) is 0. The molecule has 1 heterocycles. The lowest BCUT2D eigenvalue weighted by Crippen LogP contribution is -2.23. The molecule has 1 atom stereocenters. The molecule has 0 aliphatic heterocycles. The first-order chi connectivity index (χ1) is 9.11. The molecule has 2 rings (SSSR count). The van der Waals surface area contributed by atoms with E-state index in [-0.39, 0.29) is 11.9 Å². The smallest absolute Gasteiger partial charge is 0.126 e. The van der Waals surface area contributed by atoms with E-state index in [2.05, 4.69) is 46.5 Å². The lowest BCUT2D eigenvalue weighted by atomic mass is 10.0. The Morgan fingerprint density at radius 3 is 2.79 bits per heavy atom. The Kier molecular flexibility index (Phi) is 5.13. The van der Waals surface area contributed by atoms with Gasteiger partial charge in [0.1, 0.15) is 5.82 Å². The van der Waals surface area contributed by atoms with Crippen molar-refractivity contribution in [3.05, 3.63) is 55.9 Å². The van der Waals surface area contributed by atoms with Gasteiger partial charge in [-0.2, -0.15) is 0 Å². The number of aryl methyl sites for hydroxylation is 1. The van der Waals surface area contributed by atoms with E-state index in [1.165, 1.54) is 16.5 Å². The van der Waals surface area contributed by atoms with E-state index in [1.54, 1.807) is 17.4 Å². The van der Waals surface area contributed by atoms with Crippen LogP contribution in [0.1, 0.15) is 29.0 Å². The highest BCUT2D eigenvalue weighted by Gasteiger charge is 2.16. The topological polar surface area (TPSA) is 12.0 Å². The van der Waals surface area contributed by atoms with Crippen LogP contribution in [0.4, 0.5) is 4.39 Å². The number of thiophene rings is 1. The summed E-state index contributed by atoms with van der Waals surface area (Å²) in [6.07, 6.45) is 0.667. The molecule has 0 spiro atoms. The zero-order valence-corrected chi connectivity index (χ0v) is 13.4. The maximum absolute atomic E-state index is 13.9. The van der Waals surface area contributed by atoms with Crippen LogP contribution < -0.4 is 5.32 Å². The monoisotopic (exact) mass is 341 g/mol. The molecule has 4 heteroatoms. The molecule has 0 amide bonds. The normalized spacial score (nSPS) is 12.6. The number of benzene rings is 1. The lowest BCUT2D eigenvalue weighted by molar-refractivity contribution is 0.532. The van der Waals surface area contributed by atoms with Crippen LogP contribution in [0.5, 0.6) is 0 Å². The number of likely N-dealkylation sites (N-methyl/N-ethyl adjacent to an activating group) is 1. The zero-order valence-electron chi connectivity index (χ0n) is 11.0. The molecule has 0 saturated carbocycles. The van der Waals surface area contributed by atoms with Gasteiger partial charge in [-0.3, -0.25) is 0 Å². The van der Waals surface area contributed by atoms with Crippen LogP contribution in [0.2, 0.25) is 0 Å². The molecule has 0 fully saturated rings. The number of hydrogen-bond acceptors (Lipinski definition) is 2. The second kappa shape index (κ2) is 6.64. The van der Waals surface area contributed by atoms with E-state index in [1.807, 2.05) is 6.07 Å². The largest absolute Gasteiger partial charge is 0.309 e. The summed E-state index contributed by atoms with van der Waals surface area (Å²) in [5, 5.41) is 5.54. The second-order valence-electron chi connectivity index (χ2n) is 4.52. The number of nitrogens with one attached hydrogen (secondary N) is 1. The van der Waals surface area contributed by atoms with Crippen LogP contribution in [-0.4, -0.2) is 6.54 Å². The average Bonchev–Trinajstić information content (AvgIpc) is 2.79. The Hall–Kier alpha value is -0.710. The summed E-state index contributed by atoms with van der Waals surface area (Å²) in [5.74, 6) is -0.139. The SMILES string of the molecule is CCNC(Cc1cc(Br)ccc1F)c1sccc1C. The van der Waals surface area contributed by atoms with Gasteiger partial charge in [0.05, 0.1) is 0 Å². The van der Waals surface area contributed by atoms with Crippen molar-refractivity contribution in [2.75, 3.05) is 6.54 Å². The van der Waals surface area contributed by atoms with Crippen molar-refractivity contribution in [3.63, 3.8) is 0 Å². The van der Waals surface area contributed by atoms with Gasteiger partial charge in [0.15, 0.2) is 0 Å². The highest BCUT2D eigenvalue weighted by molar-refractivity contribution is 9.10. The molecule has 1 unspecified atom stereocenters. The van der Waals surface area contributed by atoms with Gasteiger partial charge in [-0.1, -0.05) is 22.9 Å². The van der Waals surface area contributed by atoms with E-state index < -0.39 is 0 Å². The van der Waals surface area contributed by atoms with Gasteiger partial charge in [-0.15, -0.1) is 11.3 Å². The van der Waals surface area contributed by atoms with Crippen molar-refractivity contribution in [1.29, 1.82) is 0 Å². The second-order valence-corrected chi connectivity index (χ2v) is 6.38. The fourth-order valence-electron chi connectivity index (χ4n) is 2.17. The molecule has 0 aliphatic rings. The summed E-state index contributed by atoms with van der Waals surface area (Å²) in [6, 6.07) is 7.40. The average molecular weight is 342 g/mol.